The Hall–Kier alpha value is -2.05. The minimum atomic E-state index is -0.679. The highest BCUT2D eigenvalue weighted by Gasteiger charge is 2.31. The minimum absolute atomic E-state index is 0.101. The molecule has 1 N–H and O–H groups in total. The van der Waals surface area contributed by atoms with E-state index in [0.717, 1.165) is 30.2 Å². The third-order valence-electron chi connectivity index (χ3n) is 5.07. The monoisotopic (exact) mass is 389 g/mol. The average molecular weight is 390 g/mol. The highest BCUT2D eigenvalue weighted by Crippen LogP contribution is 2.39. The van der Waals surface area contributed by atoms with Gasteiger partial charge in [-0.1, -0.05) is 6.07 Å². The number of ether oxygens (including phenoxy) is 2. The van der Waals surface area contributed by atoms with Gasteiger partial charge in [0.05, 0.1) is 25.7 Å². The summed E-state index contributed by atoms with van der Waals surface area (Å²) in [5.74, 6) is 0.561. The Labute approximate surface area is 164 Å². The molecule has 0 saturated carbocycles. The topological polar surface area (TPSA) is 59.0 Å². The van der Waals surface area contributed by atoms with Gasteiger partial charge in [-0.2, -0.15) is 0 Å². The molecule has 1 aromatic heterocycles. The van der Waals surface area contributed by atoms with Crippen molar-refractivity contribution in [2.45, 2.75) is 32.7 Å². The van der Waals surface area contributed by atoms with Crippen molar-refractivity contribution in [1.29, 1.82) is 0 Å². The van der Waals surface area contributed by atoms with Gasteiger partial charge in [0.15, 0.2) is 11.5 Å². The van der Waals surface area contributed by atoms with E-state index in [2.05, 4.69) is 35.4 Å². The molecule has 1 fully saturated rings. The predicted molar refractivity (Wildman–Crippen MR) is 107 cm³/mol. The Morgan fingerprint density at radius 3 is 2.59 bits per heavy atom. The Morgan fingerprint density at radius 1 is 1.30 bits per heavy atom. The van der Waals surface area contributed by atoms with E-state index in [1.165, 1.54) is 10.4 Å². The fraction of sp³-hybridized carbons (Fsp3) is 0.476. The van der Waals surface area contributed by atoms with Crippen molar-refractivity contribution < 1.29 is 19.4 Å². The number of nitrogens with zero attached hydrogens (tertiary/aromatic N) is 1. The van der Waals surface area contributed by atoms with Gasteiger partial charge in [0.1, 0.15) is 0 Å². The first-order valence-corrected chi connectivity index (χ1v) is 10.2. The smallest absolute Gasteiger partial charge is 0.306 e. The van der Waals surface area contributed by atoms with Crippen molar-refractivity contribution in [3.8, 4) is 11.5 Å². The van der Waals surface area contributed by atoms with E-state index in [0.29, 0.717) is 19.4 Å². The van der Waals surface area contributed by atoms with Crippen LogP contribution in [0.25, 0.3) is 0 Å². The largest absolute Gasteiger partial charge is 0.493 e. The second-order valence-corrected chi connectivity index (χ2v) is 7.86. The summed E-state index contributed by atoms with van der Waals surface area (Å²) < 4.78 is 11.2. The number of thiophene rings is 1. The van der Waals surface area contributed by atoms with E-state index in [4.69, 9.17) is 9.47 Å². The van der Waals surface area contributed by atoms with Crippen molar-refractivity contribution in [2.75, 3.05) is 26.8 Å². The zero-order chi connectivity index (χ0) is 19.4. The standard InChI is InChI=1S/C21H27NO4S/c1-4-26-18-12-16(5-6-17(18)25-3)20(19-11-14(2)13-27-19)22-9-7-15(8-10-22)21(23)24/h5-6,11-13,15,20H,4,7-10H2,1-3H3,(H,23,24). The molecule has 1 aromatic carbocycles. The molecule has 1 atom stereocenters. The Balaban J connectivity index is 1.94. The molecular formula is C21H27NO4S. The summed E-state index contributed by atoms with van der Waals surface area (Å²) in [5, 5.41) is 11.5. The van der Waals surface area contributed by atoms with Gasteiger partial charge in [-0.15, -0.1) is 11.3 Å². The molecule has 146 valence electrons. The maximum atomic E-state index is 11.3. The van der Waals surface area contributed by atoms with Gasteiger partial charge in [0, 0.05) is 4.88 Å². The lowest BCUT2D eigenvalue weighted by atomic mass is 9.93. The Bertz CT molecular complexity index is 780. The van der Waals surface area contributed by atoms with E-state index in [1.807, 2.05) is 13.0 Å². The molecule has 27 heavy (non-hydrogen) atoms. The lowest BCUT2D eigenvalue weighted by molar-refractivity contribution is -0.143. The first-order valence-electron chi connectivity index (χ1n) is 9.36. The van der Waals surface area contributed by atoms with E-state index >= 15 is 0 Å². The van der Waals surface area contributed by atoms with Crippen LogP contribution in [0.2, 0.25) is 0 Å². The molecule has 0 amide bonds. The molecular weight excluding hydrogens is 362 g/mol. The second kappa shape index (κ2) is 8.76. The number of hydrogen-bond acceptors (Lipinski definition) is 5. The molecule has 0 aliphatic carbocycles. The number of aliphatic carboxylic acids is 1. The zero-order valence-electron chi connectivity index (χ0n) is 16.1. The van der Waals surface area contributed by atoms with Crippen molar-refractivity contribution in [2.24, 2.45) is 5.92 Å². The van der Waals surface area contributed by atoms with Crippen LogP contribution in [0.4, 0.5) is 0 Å². The van der Waals surface area contributed by atoms with Crippen molar-refractivity contribution in [1.82, 2.24) is 4.90 Å². The number of hydrogen-bond donors (Lipinski definition) is 1. The summed E-state index contributed by atoms with van der Waals surface area (Å²) in [6, 6.07) is 8.43. The van der Waals surface area contributed by atoms with Crippen molar-refractivity contribution in [3.63, 3.8) is 0 Å². The first-order chi connectivity index (χ1) is 13.0. The van der Waals surface area contributed by atoms with Crippen LogP contribution < -0.4 is 9.47 Å². The third kappa shape index (κ3) is 4.45. The molecule has 3 rings (SSSR count). The molecule has 1 unspecified atom stereocenters. The third-order valence-corrected chi connectivity index (χ3v) is 6.17. The number of likely N-dealkylation sites (tertiary alicyclic amines) is 1. The second-order valence-electron chi connectivity index (χ2n) is 6.92. The summed E-state index contributed by atoms with van der Waals surface area (Å²) in [5.41, 5.74) is 2.40. The molecule has 1 saturated heterocycles. The molecule has 6 heteroatoms. The van der Waals surface area contributed by atoms with Crippen molar-refractivity contribution in [3.05, 3.63) is 45.6 Å². The van der Waals surface area contributed by atoms with Gasteiger partial charge >= 0.3 is 5.97 Å². The van der Waals surface area contributed by atoms with Gasteiger partial charge in [-0.05, 0) is 74.5 Å². The van der Waals surface area contributed by atoms with Gasteiger partial charge < -0.3 is 14.6 Å². The van der Waals surface area contributed by atoms with Gasteiger partial charge in [0.2, 0.25) is 0 Å². The fourth-order valence-electron chi connectivity index (χ4n) is 3.69. The number of piperidine rings is 1. The molecule has 5 nitrogen and oxygen atoms in total. The van der Waals surface area contributed by atoms with Crippen LogP contribution in [0.5, 0.6) is 11.5 Å². The number of carbonyl (C=O) groups is 1. The molecule has 2 heterocycles. The molecule has 1 aliphatic rings. The zero-order valence-corrected chi connectivity index (χ0v) is 16.9. The summed E-state index contributed by atoms with van der Waals surface area (Å²) in [6.07, 6.45) is 1.37. The van der Waals surface area contributed by atoms with E-state index in [9.17, 15) is 9.90 Å². The van der Waals surface area contributed by atoms with Crippen LogP contribution in [-0.4, -0.2) is 42.8 Å². The summed E-state index contributed by atoms with van der Waals surface area (Å²) in [6.45, 7) is 6.19. The molecule has 0 bridgehead atoms. The SMILES string of the molecule is CCOc1cc(C(c2cc(C)cs2)N2CCC(C(=O)O)CC2)ccc1OC. The summed E-state index contributed by atoms with van der Waals surface area (Å²) >= 11 is 1.75. The highest BCUT2D eigenvalue weighted by molar-refractivity contribution is 7.10. The number of methoxy groups -OCH3 is 1. The van der Waals surface area contributed by atoms with Crippen molar-refractivity contribution >= 4 is 17.3 Å². The number of rotatable bonds is 7. The minimum Gasteiger partial charge on any atom is -0.493 e. The van der Waals surface area contributed by atoms with Gasteiger partial charge in [-0.3, -0.25) is 9.69 Å². The molecule has 0 spiro atoms. The number of carboxylic acids is 1. The van der Waals surface area contributed by atoms with E-state index in [-0.39, 0.29) is 12.0 Å². The number of benzene rings is 1. The Morgan fingerprint density at radius 2 is 2.04 bits per heavy atom. The lowest BCUT2D eigenvalue weighted by Gasteiger charge is -2.36. The average Bonchev–Trinajstić information content (AvgIpc) is 3.09. The van der Waals surface area contributed by atoms with Gasteiger partial charge in [0.25, 0.3) is 0 Å². The lowest BCUT2D eigenvalue weighted by Crippen LogP contribution is -2.39. The normalized spacial score (nSPS) is 16.9. The van der Waals surface area contributed by atoms with Crippen LogP contribution in [-0.2, 0) is 4.79 Å². The van der Waals surface area contributed by atoms with Gasteiger partial charge in [-0.25, -0.2) is 0 Å². The maximum absolute atomic E-state index is 11.3. The molecule has 1 aliphatic heterocycles. The van der Waals surface area contributed by atoms with E-state index in [1.54, 1.807) is 18.4 Å². The first kappa shape index (κ1) is 19.7. The number of carboxylic acid groups (broad SMARTS) is 1. The predicted octanol–water partition coefficient (Wildman–Crippen LogP) is 4.35. The highest BCUT2D eigenvalue weighted by atomic mass is 32.1. The maximum Gasteiger partial charge on any atom is 0.306 e. The summed E-state index contributed by atoms with van der Waals surface area (Å²) in [4.78, 5) is 15.0. The fourth-order valence-corrected chi connectivity index (χ4v) is 4.75. The molecule has 2 aromatic rings. The summed E-state index contributed by atoms with van der Waals surface area (Å²) in [7, 11) is 1.65. The van der Waals surface area contributed by atoms with Crippen LogP contribution >= 0.6 is 11.3 Å². The van der Waals surface area contributed by atoms with E-state index < -0.39 is 5.97 Å². The quantitative estimate of drug-likeness (QED) is 0.763. The van der Waals surface area contributed by atoms with Crippen LogP contribution in [0.15, 0.2) is 29.6 Å². The van der Waals surface area contributed by atoms with Crippen LogP contribution in [0.3, 0.4) is 0 Å². The number of aryl methyl sites for hydroxylation is 1. The Kier molecular flexibility index (Phi) is 6.39. The molecule has 0 radical (unpaired) electrons. The van der Waals surface area contributed by atoms with Crippen LogP contribution in [0, 0.1) is 12.8 Å². The van der Waals surface area contributed by atoms with Crippen LogP contribution in [0.1, 0.15) is 41.8 Å².